The first kappa shape index (κ1) is 11.4. The van der Waals surface area contributed by atoms with Crippen LogP contribution in [0.3, 0.4) is 0 Å². The highest BCUT2D eigenvalue weighted by Gasteiger charge is 2.17. The van der Waals surface area contributed by atoms with Crippen LogP contribution in [0.5, 0.6) is 0 Å². The van der Waals surface area contributed by atoms with Gasteiger partial charge in [-0.3, -0.25) is 14.9 Å². The van der Waals surface area contributed by atoms with E-state index in [1.807, 2.05) is 26.0 Å². The number of carbonyl (C=O) groups excluding carboxylic acids is 1. The maximum absolute atomic E-state index is 11.5. The number of hydrogen-bond donors (Lipinski definition) is 0. The number of hydrogen-bond acceptors (Lipinski definition) is 3. The average Bonchev–Trinajstić information content (AvgIpc) is 2.16. The number of carbonyl (C=O) groups is 1. The van der Waals surface area contributed by atoms with Gasteiger partial charge in [0.25, 0.3) is 6.54 Å². The summed E-state index contributed by atoms with van der Waals surface area (Å²) in [7, 11) is 0. The van der Waals surface area contributed by atoms with Gasteiger partial charge in [0.15, 0.2) is 0 Å². The summed E-state index contributed by atoms with van der Waals surface area (Å²) < 4.78 is 0. The minimum absolute atomic E-state index is 0.192. The summed E-state index contributed by atoms with van der Waals surface area (Å²) in [6.07, 6.45) is 0. The number of rotatable bonds is 4. The summed E-state index contributed by atoms with van der Waals surface area (Å²) >= 11 is 0. The normalized spacial score (nSPS) is 10.3. The van der Waals surface area contributed by atoms with Gasteiger partial charge in [-0.05, 0) is 11.5 Å². The van der Waals surface area contributed by atoms with Crippen LogP contribution in [-0.4, -0.2) is 17.3 Å². The lowest BCUT2D eigenvalue weighted by Gasteiger charge is -2.09. The Morgan fingerprint density at radius 3 is 2.53 bits per heavy atom. The highest BCUT2D eigenvalue weighted by molar-refractivity contribution is 5.98. The van der Waals surface area contributed by atoms with Gasteiger partial charge in [0.2, 0.25) is 5.78 Å². The van der Waals surface area contributed by atoms with E-state index in [1.54, 1.807) is 12.1 Å². The molecule has 0 saturated heterocycles. The minimum Gasteiger partial charge on any atom is -0.287 e. The fourth-order valence-electron chi connectivity index (χ4n) is 1.46. The van der Waals surface area contributed by atoms with Gasteiger partial charge in [-0.25, -0.2) is 0 Å². The standard InChI is InChI=1S/C11H13NO3/c1-8(2)9-5-3-4-6-10(9)11(13)7-12(14)15/h3-6,8H,7H2,1-2H3. The molecule has 1 aromatic rings. The first-order valence-electron chi connectivity index (χ1n) is 4.76. The highest BCUT2D eigenvalue weighted by Crippen LogP contribution is 2.19. The molecule has 0 heterocycles. The number of nitrogens with zero attached hydrogens (tertiary/aromatic N) is 1. The Labute approximate surface area is 88.1 Å². The maximum atomic E-state index is 11.5. The Kier molecular flexibility index (Phi) is 3.55. The zero-order valence-electron chi connectivity index (χ0n) is 8.77. The van der Waals surface area contributed by atoms with E-state index in [2.05, 4.69) is 0 Å². The molecule has 1 aromatic carbocycles. The van der Waals surface area contributed by atoms with Gasteiger partial charge >= 0.3 is 0 Å². The third kappa shape index (κ3) is 2.87. The molecule has 4 nitrogen and oxygen atoms in total. The fourth-order valence-corrected chi connectivity index (χ4v) is 1.46. The Bertz CT molecular complexity index is 385. The van der Waals surface area contributed by atoms with Crippen molar-refractivity contribution in [2.75, 3.05) is 6.54 Å². The van der Waals surface area contributed by atoms with Gasteiger partial charge in [-0.1, -0.05) is 38.1 Å². The summed E-state index contributed by atoms with van der Waals surface area (Å²) in [5.41, 5.74) is 1.33. The Morgan fingerprint density at radius 1 is 1.40 bits per heavy atom. The molecule has 0 N–H and O–H groups in total. The molecule has 0 aromatic heterocycles. The van der Waals surface area contributed by atoms with Crippen LogP contribution in [0.4, 0.5) is 0 Å². The van der Waals surface area contributed by atoms with Crippen LogP contribution in [0.25, 0.3) is 0 Å². The van der Waals surface area contributed by atoms with E-state index >= 15 is 0 Å². The van der Waals surface area contributed by atoms with Gasteiger partial charge in [0, 0.05) is 10.5 Å². The molecule has 4 heteroatoms. The zero-order valence-corrected chi connectivity index (χ0v) is 8.77. The fraction of sp³-hybridized carbons (Fsp3) is 0.364. The molecular formula is C11H13NO3. The van der Waals surface area contributed by atoms with E-state index in [0.717, 1.165) is 5.56 Å². The van der Waals surface area contributed by atoms with E-state index in [9.17, 15) is 14.9 Å². The number of benzene rings is 1. The predicted molar refractivity (Wildman–Crippen MR) is 56.7 cm³/mol. The Balaban J connectivity index is 3.02. The van der Waals surface area contributed by atoms with Gasteiger partial charge in [-0.15, -0.1) is 0 Å². The van der Waals surface area contributed by atoms with Gasteiger partial charge in [0.1, 0.15) is 0 Å². The molecule has 0 unspecified atom stereocenters. The minimum atomic E-state index is -0.635. The predicted octanol–water partition coefficient (Wildman–Crippen LogP) is 2.27. The van der Waals surface area contributed by atoms with E-state index in [-0.39, 0.29) is 5.92 Å². The van der Waals surface area contributed by atoms with Crippen LogP contribution in [-0.2, 0) is 0 Å². The lowest BCUT2D eigenvalue weighted by molar-refractivity contribution is -0.465. The van der Waals surface area contributed by atoms with E-state index < -0.39 is 17.3 Å². The van der Waals surface area contributed by atoms with E-state index in [4.69, 9.17) is 0 Å². The summed E-state index contributed by atoms with van der Waals surface area (Å²) in [6.45, 7) is 3.28. The van der Waals surface area contributed by atoms with Crippen LogP contribution in [0, 0.1) is 10.1 Å². The quantitative estimate of drug-likeness (QED) is 0.432. The Morgan fingerprint density at radius 2 is 2.00 bits per heavy atom. The van der Waals surface area contributed by atoms with E-state index in [1.165, 1.54) is 0 Å². The molecule has 0 spiro atoms. The van der Waals surface area contributed by atoms with Crippen LogP contribution >= 0.6 is 0 Å². The van der Waals surface area contributed by atoms with Gasteiger partial charge in [-0.2, -0.15) is 0 Å². The second kappa shape index (κ2) is 4.68. The van der Waals surface area contributed by atoms with Crippen molar-refractivity contribution in [3.63, 3.8) is 0 Å². The summed E-state index contributed by atoms with van der Waals surface area (Å²) in [5.74, 6) is -0.235. The van der Waals surface area contributed by atoms with Gasteiger partial charge < -0.3 is 0 Å². The smallest absolute Gasteiger partial charge is 0.265 e. The highest BCUT2D eigenvalue weighted by atomic mass is 16.6. The molecule has 0 saturated carbocycles. The third-order valence-electron chi connectivity index (χ3n) is 2.16. The van der Waals surface area contributed by atoms with Crippen molar-refractivity contribution in [2.24, 2.45) is 0 Å². The zero-order chi connectivity index (χ0) is 11.4. The van der Waals surface area contributed by atoms with Crippen molar-refractivity contribution in [2.45, 2.75) is 19.8 Å². The first-order chi connectivity index (χ1) is 7.02. The second-order valence-corrected chi connectivity index (χ2v) is 3.66. The van der Waals surface area contributed by atoms with Crippen molar-refractivity contribution in [1.82, 2.24) is 0 Å². The van der Waals surface area contributed by atoms with Crippen molar-refractivity contribution in [3.8, 4) is 0 Å². The molecule has 0 aliphatic rings. The van der Waals surface area contributed by atoms with Crippen LogP contribution < -0.4 is 0 Å². The molecule has 0 atom stereocenters. The van der Waals surface area contributed by atoms with Crippen molar-refractivity contribution >= 4 is 5.78 Å². The van der Waals surface area contributed by atoms with E-state index in [0.29, 0.717) is 5.56 Å². The van der Waals surface area contributed by atoms with Crippen LogP contribution in [0.2, 0.25) is 0 Å². The molecule has 0 aliphatic carbocycles. The molecule has 0 aliphatic heterocycles. The summed E-state index contributed by atoms with van der Waals surface area (Å²) in [6, 6.07) is 7.02. The summed E-state index contributed by atoms with van der Waals surface area (Å²) in [4.78, 5) is 21.2. The van der Waals surface area contributed by atoms with Crippen molar-refractivity contribution in [1.29, 1.82) is 0 Å². The molecule has 0 fully saturated rings. The number of Topliss-reactive ketones (excluding diaryl/α,β-unsaturated/α-hetero) is 1. The van der Waals surface area contributed by atoms with Crippen LogP contribution in [0.15, 0.2) is 24.3 Å². The maximum Gasteiger partial charge on any atom is 0.265 e. The van der Waals surface area contributed by atoms with Gasteiger partial charge in [0.05, 0.1) is 0 Å². The SMILES string of the molecule is CC(C)c1ccccc1C(=O)C[N+](=O)[O-]. The summed E-state index contributed by atoms with van der Waals surface area (Å²) in [5, 5.41) is 10.2. The lowest BCUT2D eigenvalue weighted by atomic mass is 9.95. The molecule has 1 rings (SSSR count). The van der Waals surface area contributed by atoms with Crippen molar-refractivity contribution < 1.29 is 9.72 Å². The second-order valence-electron chi connectivity index (χ2n) is 3.66. The molecule has 80 valence electrons. The van der Waals surface area contributed by atoms with Crippen molar-refractivity contribution in [3.05, 3.63) is 45.5 Å². The lowest BCUT2D eigenvalue weighted by Crippen LogP contribution is -2.15. The largest absolute Gasteiger partial charge is 0.287 e. The molecule has 0 bridgehead atoms. The molecule has 0 radical (unpaired) electrons. The Hall–Kier alpha value is -1.71. The third-order valence-corrected chi connectivity index (χ3v) is 2.16. The molecule has 15 heavy (non-hydrogen) atoms. The topological polar surface area (TPSA) is 60.2 Å². The first-order valence-corrected chi connectivity index (χ1v) is 4.76. The number of nitro groups is 1. The van der Waals surface area contributed by atoms with Crippen LogP contribution in [0.1, 0.15) is 35.7 Å². The number of ketones is 1. The average molecular weight is 207 g/mol. The monoisotopic (exact) mass is 207 g/mol. The molecule has 0 amide bonds. The molecular weight excluding hydrogens is 194 g/mol.